The van der Waals surface area contributed by atoms with E-state index in [1.165, 1.54) is 38.0 Å². The Labute approximate surface area is 99.0 Å². The molecule has 1 rings (SSSR count). The van der Waals surface area contributed by atoms with Gasteiger partial charge in [-0.1, -0.05) is 6.92 Å². The third-order valence-corrected chi connectivity index (χ3v) is 3.97. The van der Waals surface area contributed by atoms with Crippen molar-refractivity contribution in [3.63, 3.8) is 0 Å². The van der Waals surface area contributed by atoms with E-state index >= 15 is 0 Å². The highest BCUT2D eigenvalue weighted by molar-refractivity contribution is 7.98. The average Bonchev–Trinajstić information content (AvgIpc) is 3.06. The SMILES string of the molecule is CCN(CC1CC1)C(CN)CCCSC. The lowest BCUT2D eigenvalue weighted by Gasteiger charge is -2.29. The summed E-state index contributed by atoms with van der Waals surface area (Å²) in [6, 6.07) is 0.628. The number of nitrogens with zero attached hydrogens (tertiary/aromatic N) is 1. The Balaban J connectivity index is 2.24. The molecule has 0 radical (unpaired) electrons. The molecule has 1 atom stereocenters. The lowest BCUT2D eigenvalue weighted by Crippen LogP contribution is -2.41. The molecule has 1 unspecified atom stereocenters. The third kappa shape index (κ3) is 5.23. The zero-order valence-electron chi connectivity index (χ0n) is 10.2. The Morgan fingerprint density at radius 2 is 2.20 bits per heavy atom. The summed E-state index contributed by atoms with van der Waals surface area (Å²) in [5.41, 5.74) is 5.88. The fourth-order valence-corrected chi connectivity index (χ4v) is 2.54. The predicted octanol–water partition coefficient (Wildman–Crippen LogP) is 2.19. The van der Waals surface area contributed by atoms with Crippen LogP contribution < -0.4 is 5.73 Å². The fourth-order valence-electron chi connectivity index (χ4n) is 2.08. The molecule has 0 bridgehead atoms. The molecule has 1 aliphatic rings. The number of hydrogen-bond acceptors (Lipinski definition) is 3. The monoisotopic (exact) mass is 230 g/mol. The van der Waals surface area contributed by atoms with Gasteiger partial charge in [0.05, 0.1) is 0 Å². The van der Waals surface area contributed by atoms with Crippen LogP contribution in [0.1, 0.15) is 32.6 Å². The minimum Gasteiger partial charge on any atom is -0.329 e. The third-order valence-electron chi connectivity index (χ3n) is 3.27. The van der Waals surface area contributed by atoms with Gasteiger partial charge < -0.3 is 5.73 Å². The van der Waals surface area contributed by atoms with E-state index in [4.69, 9.17) is 5.73 Å². The van der Waals surface area contributed by atoms with Crippen molar-refractivity contribution in [1.82, 2.24) is 4.90 Å². The van der Waals surface area contributed by atoms with Crippen molar-refractivity contribution >= 4 is 11.8 Å². The van der Waals surface area contributed by atoms with E-state index in [9.17, 15) is 0 Å². The molecule has 0 saturated heterocycles. The molecular formula is C12H26N2S. The molecule has 0 aromatic carbocycles. The molecule has 1 saturated carbocycles. The van der Waals surface area contributed by atoms with Gasteiger partial charge in [0.1, 0.15) is 0 Å². The maximum atomic E-state index is 5.88. The van der Waals surface area contributed by atoms with Crippen molar-refractivity contribution in [2.45, 2.75) is 38.6 Å². The maximum absolute atomic E-state index is 5.88. The zero-order valence-corrected chi connectivity index (χ0v) is 11.1. The maximum Gasteiger partial charge on any atom is 0.0218 e. The molecule has 15 heavy (non-hydrogen) atoms. The first-order valence-corrected chi connectivity index (χ1v) is 7.64. The first-order valence-electron chi connectivity index (χ1n) is 6.24. The predicted molar refractivity (Wildman–Crippen MR) is 70.4 cm³/mol. The second kappa shape index (κ2) is 7.53. The van der Waals surface area contributed by atoms with Crippen LogP contribution in [0.4, 0.5) is 0 Å². The second-order valence-corrected chi connectivity index (χ2v) is 5.54. The largest absolute Gasteiger partial charge is 0.329 e. The van der Waals surface area contributed by atoms with Gasteiger partial charge in [0, 0.05) is 19.1 Å². The molecule has 0 aromatic heterocycles. The smallest absolute Gasteiger partial charge is 0.0218 e. The van der Waals surface area contributed by atoms with Crippen LogP contribution in [0.25, 0.3) is 0 Å². The van der Waals surface area contributed by atoms with Crippen molar-refractivity contribution in [3.05, 3.63) is 0 Å². The summed E-state index contributed by atoms with van der Waals surface area (Å²) in [5, 5.41) is 0. The quantitative estimate of drug-likeness (QED) is 0.616. The highest BCUT2D eigenvalue weighted by Crippen LogP contribution is 2.30. The molecule has 0 aromatic rings. The summed E-state index contributed by atoms with van der Waals surface area (Å²) in [6.45, 7) is 5.55. The summed E-state index contributed by atoms with van der Waals surface area (Å²) in [5.74, 6) is 2.26. The van der Waals surface area contributed by atoms with E-state index in [2.05, 4.69) is 18.1 Å². The normalized spacial score (nSPS) is 18.4. The van der Waals surface area contributed by atoms with Crippen LogP contribution in [0, 0.1) is 5.92 Å². The van der Waals surface area contributed by atoms with Crippen molar-refractivity contribution in [1.29, 1.82) is 0 Å². The Morgan fingerprint density at radius 3 is 2.67 bits per heavy atom. The topological polar surface area (TPSA) is 29.3 Å². The van der Waals surface area contributed by atoms with Gasteiger partial charge in [0.25, 0.3) is 0 Å². The average molecular weight is 230 g/mol. The number of hydrogen-bond donors (Lipinski definition) is 1. The molecule has 2 nitrogen and oxygen atoms in total. The van der Waals surface area contributed by atoms with Crippen LogP contribution in [0.3, 0.4) is 0 Å². The Bertz CT molecular complexity index is 160. The molecular weight excluding hydrogens is 204 g/mol. The summed E-state index contributed by atoms with van der Waals surface area (Å²) in [4.78, 5) is 2.60. The number of nitrogens with two attached hydrogens (primary N) is 1. The second-order valence-electron chi connectivity index (χ2n) is 4.56. The van der Waals surface area contributed by atoms with Gasteiger partial charge in [-0.2, -0.15) is 11.8 Å². The Hall–Kier alpha value is 0.270. The van der Waals surface area contributed by atoms with Crippen LogP contribution in [-0.2, 0) is 0 Å². The molecule has 1 aliphatic carbocycles. The van der Waals surface area contributed by atoms with Gasteiger partial charge in [-0.15, -0.1) is 0 Å². The van der Waals surface area contributed by atoms with Gasteiger partial charge in [-0.05, 0) is 50.2 Å². The molecule has 0 aliphatic heterocycles. The van der Waals surface area contributed by atoms with Crippen LogP contribution in [0.2, 0.25) is 0 Å². The molecule has 0 heterocycles. The van der Waals surface area contributed by atoms with Crippen LogP contribution in [0.15, 0.2) is 0 Å². The molecule has 90 valence electrons. The van der Waals surface area contributed by atoms with Gasteiger partial charge in [-0.3, -0.25) is 4.90 Å². The summed E-state index contributed by atoms with van der Waals surface area (Å²) < 4.78 is 0. The van der Waals surface area contributed by atoms with Gasteiger partial charge in [-0.25, -0.2) is 0 Å². The summed E-state index contributed by atoms with van der Waals surface area (Å²) in [7, 11) is 0. The lowest BCUT2D eigenvalue weighted by molar-refractivity contribution is 0.192. The summed E-state index contributed by atoms with van der Waals surface area (Å²) in [6.07, 6.45) is 7.65. The fraction of sp³-hybridized carbons (Fsp3) is 1.00. The molecule has 0 amide bonds. The number of thioether (sulfide) groups is 1. The molecule has 2 N–H and O–H groups in total. The van der Waals surface area contributed by atoms with Gasteiger partial charge >= 0.3 is 0 Å². The first kappa shape index (κ1) is 13.3. The van der Waals surface area contributed by atoms with E-state index in [0.717, 1.165) is 19.0 Å². The van der Waals surface area contributed by atoms with Crippen molar-refractivity contribution in [2.24, 2.45) is 11.7 Å². The molecule has 1 fully saturated rings. The minimum atomic E-state index is 0.628. The zero-order chi connectivity index (χ0) is 11.1. The van der Waals surface area contributed by atoms with E-state index in [0.29, 0.717) is 6.04 Å². The molecule has 3 heteroatoms. The highest BCUT2D eigenvalue weighted by Gasteiger charge is 2.26. The van der Waals surface area contributed by atoms with E-state index in [-0.39, 0.29) is 0 Å². The minimum absolute atomic E-state index is 0.628. The van der Waals surface area contributed by atoms with Crippen molar-refractivity contribution < 1.29 is 0 Å². The van der Waals surface area contributed by atoms with E-state index < -0.39 is 0 Å². The summed E-state index contributed by atoms with van der Waals surface area (Å²) >= 11 is 1.94. The number of rotatable bonds is 9. The van der Waals surface area contributed by atoms with Crippen LogP contribution in [-0.4, -0.2) is 42.6 Å². The van der Waals surface area contributed by atoms with E-state index in [1.807, 2.05) is 11.8 Å². The van der Waals surface area contributed by atoms with Crippen molar-refractivity contribution in [3.8, 4) is 0 Å². The van der Waals surface area contributed by atoms with Crippen molar-refractivity contribution in [2.75, 3.05) is 31.6 Å². The number of likely N-dealkylation sites (N-methyl/N-ethyl adjacent to an activating group) is 1. The Morgan fingerprint density at radius 1 is 1.47 bits per heavy atom. The molecule has 0 spiro atoms. The lowest BCUT2D eigenvalue weighted by atomic mass is 10.1. The van der Waals surface area contributed by atoms with Gasteiger partial charge in [0.2, 0.25) is 0 Å². The first-order chi connectivity index (χ1) is 7.31. The van der Waals surface area contributed by atoms with Crippen LogP contribution >= 0.6 is 11.8 Å². The van der Waals surface area contributed by atoms with Crippen LogP contribution in [0.5, 0.6) is 0 Å². The highest BCUT2D eigenvalue weighted by atomic mass is 32.2. The van der Waals surface area contributed by atoms with Gasteiger partial charge in [0.15, 0.2) is 0 Å². The van der Waals surface area contributed by atoms with E-state index in [1.54, 1.807) is 0 Å². The standard InChI is InChI=1S/C12H26N2S/c1-3-14(10-11-6-7-11)12(9-13)5-4-8-15-2/h11-12H,3-10,13H2,1-2H3. The Kier molecular flexibility index (Phi) is 6.69.